The zero-order chi connectivity index (χ0) is 29.9. The van der Waals surface area contributed by atoms with Crippen LogP contribution in [-0.4, -0.2) is 67.1 Å². The first-order valence-electron chi connectivity index (χ1n) is 13.7. The van der Waals surface area contributed by atoms with Crippen molar-refractivity contribution < 1.29 is 31.1 Å². The number of benzene rings is 2. The lowest BCUT2D eigenvalue weighted by Crippen LogP contribution is -2.50. The number of nitrogens with one attached hydrogen (secondary N) is 2. The predicted octanol–water partition coefficient (Wildman–Crippen LogP) is 4.47. The third kappa shape index (κ3) is 5.19. The Kier molecular flexibility index (Phi) is 6.92. The molecule has 2 aliphatic heterocycles. The lowest BCUT2D eigenvalue weighted by atomic mass is 10.00. The van der Waals surface area contributed by atoms with Crippen molar-refractivity contribution in [2.24, 2.45) is 5.41 Å². The molecule has 0 radical (unpaired) electrons. The van der Waals surface area contributed by atoms with E-state index in [-0.39, 0.29) is 54.6 Å². The Bertz CT molecular complexity index is 1640. The molecule has 1 amide bonds. The number of carbonyl (C=O) groups is 1. The highest BCUT2D eigenvalue weighted by Gasteiger charge is 2.62. The molecule has 3 aliphatic rings. The quantitative estimate of drug-likeness (QED) is 0.454. The van der Waals surface area contributed by atoms with Crippen molar-refractivity contribution in [2.75, 3.05) is 24.4 Å². The predicted molar refractivity (Wildman–Crippen MR) is 149 cm³/mol. The molecule has 42 heavy (non-hydrogen) atoms. The van der Waals surface area contributed by atoms with E-state index in [0.717, 1.165) is 16.7 Å². The summed E-state index contributed by atoms with van der Waals surface area (Å²) in [5.41, 5.74) is 1.28. The summed E-state index contributed by atoms with van der Waals surface area (Å²) in [4.78, 5) is 23.9. The van der Waals surface area contributed by atoms with E-state index in [9.17, 15) is 26.4 Å². The van der Waals surface area contributed by atoms with Crippen molar-refractivity contribution in [2.45, 2.75) is 56.3 Å². The molecule has 0 unspecified atom stereocenters. The Morgan fingerprint density at radius 2 is 1.76 bits per heavy atom. The highest BCUT2D eigenvalue weighted by molar-refractivity contribution is 7.92. The molecule has 2 aromatic carbocycles. The van der Waals surface area contributed by atoms with E-state index < -0.39 is 39.7 Å². The molecule has 4 bridgehead atoms. The molecule has 1 saturated carbocycles. The minimum absolute atomic E-state index is 0.0194. The van der Waals surface area contributed by atoms with Gasteiger partial charge in [0.1, 0.15) is 6.10 Å². The number of ether oxygens (including phenoxy) is 1. The number of sulfonamides is 1. The molecule has 2 atom stereocenters. The van der Waals surface area contributed by atoms with Crippen LogP contribution in [0.5, 0.6) is 5.88 Å². The highest BCUT2D eigenvalue weighted by atomic mass is 32.2. The number of aromatic nitrogens is 2. The maximum atomic E-state index is 13.9. The van der Waals surface area contributed by atoms with Gasteiger partial charge in [0.05, 0.1) is 22.0 Å². The Morgan fingerprint density at radius 3 is 2.45 bits per heavy atom. The van der Waals surface area contributed by atoms with Crippen LogP contribution >= 0.6 is 0 Å². The molecule has 1 aliphatic carbocycles. The molecule has 1 saturated heterocycles. The van der Waals surface area contributed by atoms with Gasteiger partial charge in [0, 0.05) is 36.8 Å². The maximum Gasteiger partial charge on any atom is 0.394 e. The third-order valence-electron chi connectivity index (χ3n) is 8.40. The van der Waals surface area contributed by atoms with Gasteiger partial charge in [-0.15, -0.1) is 0 Å². The normalized spacial score (nSPS) is 22.6. The van der Waals surface area contributed by atoms with Gasteiger partial charge in [-0.3, -0.25) is 4.79 Å². The van der Waals surface area contributed by atoms with Crippen LogP contribution < -0.4 is 14.8 Å². The van der Waals surface area contributed by atoms with Gasteiger partial charge in [0.15, 0.2) is 0 Å². The van der Waals surface area contributed by atoms with E-state index in [0.29, 0.717) is 12.2 Å². The molecule has 3 aromatic rings. The topological polar surface area (TPSA) is 114 Å². The average Bonchev–Trinajstić information content (AvgIpc) is 3.60. The summed E-state index contributed by atoms with van der Waals surface area (Å²) < 4.78 is 77.0. The van der Waals surface area contributed by atoms with E-state index in [1.54, 1.807) is 6.07 Å². The second kappa shape index (κ2) is 10.2. The Hall–Kier alpha value is -3.71. The van der Waals surface area contributed by atoms with Gasteiger partial charge in [0.25, 0.3) is 15.9 Å². The molecule has 0 spiro atoms. The Labute approximate surface area is 241 Å². The smallest absolute Gasteiger partial charge is 0.394 e. The van der Waals surface area contributed by atoms with Gasteiger partial charge in [0.2, 0.25) is 11.8 Å². The molecular formula is C29H30F3N5O4S. The number of rotatable bonds is 4. The van der Waals surface area contributed by atoms with E-state index in [4.69, 9.17) is 4.74 Å². The maximum absolute atomic E-state index is 13.9. The van der Waals surface area contributed by atoms with Crippen molar-refractivity contribution in [3.05, 3.63) is 65.2 Å². The summed E-state index contributed by atoms with van der Waals surface area (Å²) in [6.45, 7) is 4.26. The summed E-state index contributed by atoms with van der Waals surface area (Å²) >= 11 is 0. The molecule has 9 nitrogen and oxygen atoms in total. The van der Waals surface area contributed by atoms with Gasteiger partial charge in [-0.2, -0.15) is 18.2 Å². The van der Waals surface area contributed by atoms with E-state index >= 15 is 0 Å². The minimum Gasteiger partial charge on any atom is -0.471 e. The fraction of sp³-hybridized carbons (Fsp3) is 0.414. The average molecular weight is 602 g/mol. The zero-order valence-electron chi connectivity index (χ0n) is 23.0. The number of alkyl halides is 3. The minimum atomic E-state index is -4.37. The summed E-state index contributed by atoms with van der Waals surface area (Å²) in [5, 5.41) is 3.19. The summed E-state index contributed by atoms with van der Waals surface area (Å²) in [7, 11) is -4.24. The fourth-order valence-corrected chi connectivity index (χ4v) is 6.81. The summed E-state index contributed by atoms with van der Waals surface area (Å²) in [5.74, 6) is -0.701. The molecule has 6 rings (SSSR count). The van der Waals surface area contributed by atoms with Crippen LogP contribution in [-0.2, 0) is 10.0 Å². The molecule has 3 heterocycles. The van der Waals surface area contributed by atoms with Crippen LogP contribution in [0.25, 0.3) is 11.3 Å². The molecule has 2 N–H and O–H groups in total. The number of nitrogens with zero attached hydrogens (tertiary/aromatic N) is 3. The van der Waals surface area contributed by atoms with Gasteiger partial charge in [-0.25, -0.2) is 18.1 Å². The van der Waals surface area contributed by atoms with Gasteiger partial charge in [-0.05, 0) is 62.4 Å². The van der Waals surface area contributed by atoms with Crippen LogP contribution in [0.4, 0.5) is 19.1 Å². The zero-order valence-corrected chi connectivity index (χ0v) is 23.8. The van der Waals surface area contributed by atoms with Gasteiger partial charge in [-0.1, -0.05) is 24.3 Å². The first-order valence-corrected chi connectivity index (χ1v) is 15.2. The standard InChI is InChI=1S/C29H30F3N5O4S/c1-17-5-3-6-18(2)25(17)21-14-24-35-27(34-21)36-42(39,40)20-8-4-7-19(13-20)26(38)37(22-15-33-16-23(22)41-24)12-11-28(9-10-28)29(30,31)32/h3-8,13-14,22-23,33H,9-12,15-16H2,1-2H3,(H,34,35,36)/t22-,23-/m1/s1. The lowest BCUT2D eigenvalue weighted by Gasteiger charge is -2.34. The highest BCUT2D eigenvalue weighted by Crippen LogP contribution is 2.60. The van der Waals surface area contributed by atoms with Crippen molar-refractivity contribution in [3.8, 4) is 17.1 Å². The third-order valence-corrected chi connectivity index (χ3v) is 9.73. The van der Waals surface area contributed by atoms with Gasteiger partial charge >= 0.3 is 6.18 Å². The Morgan fingerprint density at radius 1 is 1.05 bits per heavy atom. The first-order chi connectivity index (χ1) is 19.9. The number of carbonyl (C=O) groups excluding carboxylic acids is 1. The van der Waals surface area contributed by atoms with Crippen molar-refractivity contribution >= 4 is 21.9 Å². The summed E-state index contributed by atoms with van der Waals surface area (Å²) in [6, 6.07) is 12.2. The van der Waals surface area contributed by atoms with Crippen LogP contribution in [0.3, 0.4) is 0 Å². The SMILES string of the molecule is Cc1cccc(C)c1-c1cc2nc(n1)NS(=O)(=O)c1cccc(c1)C(=O)N(CCC1(C(F)(F)F)CC1)[C@@H]1CNC[C@H]1O2. The molecule has 1 aromatic heterocycles. The Balaban J connectivity index is 1.46. The number of halogens is 3. The number of anilines is 1. The fourth-order valence-electron chi connectivity index (χ4n) is 5.82. The second-order valence-corrected chi connectivity index (χ2v) is 12.9. The van der Waals surface area contributed by atoms with E-state index in [1.165, 1.54) is 29.2 Å². The number of aryl methyl sites for hydroxylation is 2. The summed E-state index contributed by atoms with van der Waals surface area (Å²) in [6.07, 6.45) is -5.24. The van der Waals surface area contributed by atoms with E-state index in [2.05, 4.69) is 20.0 Å². The van der Waals surface area contributed by atoms with Crippen molar-refractivity contribution in [1.29, 1.82) is 0 Å². The lowest BCUT2D eigenvalue weighted by molar-refractivity contribution is -0.189. The van der Waals surface area contributed by atoms with Crippen LogP contribution in [0.2, 0.25) is 0 Å². The molecule has 13 heteroatoms. The monoisotopic (exact) mass is 601 g/mol. The molecule has 222 valence electrons. The van der Waals surface area contributed by atoms with Crippen LogP contribution in [0.1, 0.15) is 40.7 Å². The number of hydrogen-bond acceptors (Lipinski definition) is 7. The van der Waals surface area contributed by atoms with Crippen molar-refractivity contribution in [3.63, 3.8) is 0 Å². The number of amides is 1. The van der Waals surface area contributed by atoms with E-state index in [1.807, 2.05) is 32.0 Å². The second-order valence-electron chi connectivity index (χ2n) is 11.2. The molecule has 2 fully saturated rings. The van der Waals surface area contributed by atoms with Crippen molar-refractivity contribution in [1.82, 2.24) is 20.2 Å². The largest absolute Gasteiger partial charge is 0.471 e. The number of hydrogen-bond donors (Lipinski definition) is 2. The molecular weight excluding hydrogens is 571 g/mol. The van der Waals surface area contributed by atoms with Gasteiger partial charge < -0.3 is 15.0 Å². The van der Waals surface area contributed by atoms with Crippen LogP contribution in [0.15, 0.2) is 53.4 Å². The van der Waals surface area contributed by atoms with Crippen LogP contribution in [0, 0.1) is 19.3 Å². The first kappa shape index (κ1) is 28.4. The number of fused-ring (bicyclic) bond motifs is 5.